The molecule has 0 amide bonds. The van der Waals surface area contributed by atoms with Gasteiger partial charge in [-0.2, -0.15) is 13.2 Å². The third-order valence-corrected chi connectivity index (χ3v) is 5.91. The van der Waals surface area contributed by atoms with Gasteiger partial charge in [-0.1, -0.05) is 37.1 Å². The molecule has 3 rings (SSSR count). The SMILES string of the molecule is CN=C(NCc1ccc(CN2CCCCCC2)cc1)NCc1nc(C(F)(F)F)cs1. The molecule has 0 saturated carbocycles. The largest absolute Gasteiger partial charge is 0.434 e. The normalized spacial score (nSPS) is 16.3. The third-order valence-electron chi connectivity index (χ3n) is 5.06. The lowest BCUT2D eigenvalue weighted by Gasteiger charge is -2.20. The van der Waals surface area contributed by atoms with Gasteiger partial charge in [-0.05, 0) is 37.1 Å². The van der Waals surface area contributed by atoms with Gasteiger partial charge in [-0.3, -0.25) is 9.89 Å². The second-order valence-corrected chi connectivity index (χ2v) is 8.35. The Bertz CT molecular complexity index is 809. The minimum absolute atomic E-state index is 0.190. The van der Waals surface area contributed by atoms with Crippen LogP contribution in [0.1, 0.15) is 47.5 Å². The molecule has 0 unspecified atom stereocenters. The highest BCUT2D eigenvalue weighted by Crippen LogP contribution is 2.29. The smallest absolute Gasteiger partial charge is 0.352 e. The predicted octanol–water partition coefficient (Wildman–Crippen LogP) is 4.40. The maximum atomic E-state index is 12.6. The summed E-state index contributed by atoms with van der Waals surface area (Å²) < 4.78 is 37.9. The molecule has 2 heterocycles. The lowest BCUT2D eigenvalue weighted by Crippen LogP contribution is -2.36. The Hall–Kier alpha value is -2.13. The van der Waals surface area contributed by atoms with Gasteiger partial charge in [0.25, 0.3) is 0 Å². The van der Waals surface area contributed by atoms with E-state index in [0.717, 1.165) is 28.8 Å². The number of hydrogen-bond acceptors (Lipinski definition) is 4. The summed E-state index contributed by atoms with van der Waals surface area (Å²) in [4.78, 5) is 10.3. The summed E-state index contributed by atoms with van der Waals surface area (Å²) in [6.07, 6.45) is 0.832. The van der Waals surface area contributed by atoms with Gasteiger partial charge in [0.05, 0.1) is 6.54 Å². The average Bonchev–Trinajstić information content (AvgIpc) is 3.07. The van der Waals surface area contributed by atoms with E-state index >= 15 is 0 Å². The minimum atomic E-state index is -4.41. The molecule has 0 aliphatic carbocycles. The molecule has 0 atom stereocenters. The molecule has 1 aliphatic heterocycles. The molecule has 1 fully saturated rings. The quantitative estimate of drug-likeness (QED) is 0.517. The molecule has 9 heteroatoms. The van der Waals surface area contributed by atoms with Crippen LogP contribution in [0.25, 0.3) is 0 Å². The number of aromatic nitrogens is 1. The topological polar surface area (TPSA) is 52.6 Å². The Kier molecular flexibility index (Phi) is 8.09. The Morgan fingerprint density at radius 3 is 2.27 bits per heavy atom. The van der Waals surface area contributed by atoms with Crippen LogP contribution in [-0.4, -0.2) is 36.0 Å². The lowest BCUT2D eigenvalue weighted by atomic mass is 10.1. The van der Waals surface area contributed by atoms with Crippen LogP contribution in [-0.2, 0) is 25.8 Å². The van der Waals surface area contributed by atoms with Gasteiger partial charge >= 0.3 is 6.18 Å². The fraction of sp³-hybridized carbons (Fsp3) is 0.524. The fourth-order valence-electron chi connectivity index (χ4n) is 3.40. The summed E-state index contributed by atoms with van der Waals surface area (Å²) in [6, 6.07) is 8.52. The maximum absolute atomic E-state index is 12.6. The van der Waals surface area contributed by atoms with Gasteiger partial charge in [0.15, 0.2) is 11.7 Å². The monoisotopic (exact) mass is 439 g/mol. The second kappa shape index (κ2) is 10.8. The first-order chi connectivity index (χ1) is 14.4. The molecule has 0 radical (unpaired) electrons. The zero-order chi connectivity index (χ0) is 21.4. The van der Waals surface area contributed by atoms with E-state index in [-0.39, 0.29) is 6.54 Å². The van der Waals surface area contributed by atoms with Crippen molar-refractivity contribution < 1.29 is 13.2 Å². The van der Waals surface area contributed by atoms with Gasteiger partial charge < -0.3 is 10.6 Å². The molecule has 1 aromatic heterocycles. The molecule has 1 aliphatic rings. The molecule has 164 valence electrons. The number of alkyl halides is 3. The second-order valence-electron chi connectivity index (χ2n) is 7.41. The average molecular weight is 440 g/mol. The van der Waals surface area contributed by atoms with Crippen LogP contribution in [0.5, 0.6) is 0 Å². The maximum Gasteiger partial charge on any atom is 0.434 e. The van der Waals surface area contributed by atoms with Gasteiger partial charge in [-0.15, -0.1) is 11.3 Å². The highest BCUT2D eigenvalue weighted by atomic mass is 32.1. The van der Waals surface area contributed by atoms with Crippen LogP contribution in [0.15, 0.2) is 34.6 Å². The molecule has 1 saturated heterocycles. The number of thiazole rings is 1. The molecular weight excluding hydrogens is 411 g/mol. The molecule has 1 aromatic carbocycles. The van der Waals surface area contributed by atoms with E-state index in [1.165, 1.54) is 44.3 Å². The number of likely N-dealkylation sites (tertiary alicyclic amines) is 1. The first-order valence-electron chi connectivity index (χ1n) is 10.2. The van der Waals surface area contributed by atoms with Crippen LogP contribution in [0.2, 0.25) is 0 Å². The number of rotatable bonds is 6. The van der Waals surface area contributed by atoms with Crippen LogP contribution in [0.4, 0.5) is 13.2 Å². The minimum Gasteiger partial charge on any atom is -0.352 e. The van der Waals surface area contributed by atoms with Crippen molar-refractivity contribution in [1.29, 1.82) is 0 Å². The molecule has 2 N–H and O–H groups in total. The van der Waals surface area contributed by atoms with Crippen LogP contribution < -0.4 is 10.6 Å². The van der Waals surface area contributed by atoms with Gasteiger partial charge in [-0.25, -0.2) is 4.98 Å². The van der Waals surface area contributed by atoms with E-state index in [0.29, 0.717) is 17.5 Å². The summed E-state index contributed by atoms with van der Waals surface area (Å²) in [5, 5.41) is 7.58. The van der Waals surface area contributed by atoms with Gasteiger partial charge in [0.1, 0.15) is 5.01 Å². The number of aliphatic imine (C=N–C) groups is 1. The van der Waals surface area contributed by atoms with Crippen molar-refractivity contribution in [3.8, 4) is 0 Å². The van der Waals surface area contributed by atoms with Gasteiger partial charge in [0, 0.05) is 25.5 Å². The van der Waals surface area contributed by atoms with E-state index in [2.05, 4.69) is 49.8 Å². The first-order valence-corrected chi connectivity index (χ1v) is 11.1. The number of nitrogens with zero attached hydrogens (tertiary/aromatic N) is 3. The Balaban J connectivity index is 1.44. The van der Waals surface area contributed by atoms with Crippen LogP contribution in [0.3, 0.4) is 0 Å². The van der Waals surface area contributed by atoms with E-state index in [4.69, 9.17) is 0 Å². The Morgan fingerprint density at radius 2 is 1.67 bits per heavy atom. The lowest BCUT2D eigenvalue weighted by molar-refractivity contribution is -0.140. The zero-order valence-corrected chi connectivity index (χ0v) is 18.0. The van der Waals surface area contributed by atoms with Crippen molar-refractivity contribution in [1.82, 2.24) is 20.5 Å². The molecule has 0 spiro atoms. The van der Waals surface area contributed by atoms with Crippen LogP contribution in [0, 0.1) is 0 Å². The molecule has 0 bridgehead atoms. The summed E-state index contributed by atoms with van der Waals surface area (Å²) in [6.45, 7) is 4.11. The first kappa shape index (κ1) is 22.6. The van der Waals surface area contributed by atoms with Crippen molar-refractivity contribution >= 4 is 17.3 Å². The highest BCUT2D eigenvalue weighted by molar-refractivity contribution is 7.09. The van der Waals surface area contributed by atoms with Crippen molar-refractivity contribution in [2.45, 2.75) is 51.5 Å². The van der Waals surface area contributed by atoms with E-state index in [1.54, 1.807) is 7.05 Å². The standard InChI is InChI=1S/C21H28F3N5S/c1-25-20(27-13-19-28-18(15-30-19)21(22,23)24)26-12-16-6-8-17(9-7-16)14-29-10-4-2-3-5-11-29/h6-9,15H,2-5,10-14H2,1H3,(H2,25,26,27). The molecular formula is C21H28F3N5S. The van der Waals surface area contributed by atoms with E-state index < -0.39 is 11.9 Å². The zero-order valence-electron chi connectivity index (χ0n) is 17.1. The summed E-state index contributed by atoms with van der Waals surface area (Å²) in [7, 11) is 1.63. The Labute approximate surface area is 179 Å². The van der Waals surface area contributed by atoms with Gasteiger partial charge in [0.2, 0.25) is 0 Å². The van der Waals surface area contributed by atoms with Crippen molar-refractivity contribution in [2.75, 3.05) is 20.1 Å². The van der Waals surface area contributed by atoms with Crippen LogP contribution >= 0.6 is 11.3 Å². The summed E-state index contributed by atoms with van der Waals surface area (Å²) in [5.74, 6) is 0.521. The van der Waals surface area contributed by atoms with Crippen molar-refractivity contribution in [2.24, 2.45) is 4.99 Å². The number of guanidine groups is 1. The predicted molar refractivity (Wildman–Crippen MR) is 114 cm³/mol. The number of benzene rings is 1. The van der Waals surface area contributed by atoms with Crippen molar-refractivity contribution in [3.63, 3.8) is 0 Å². The van der Waals surface area contributed by atoms with Crippen molar-refractivity contribution in [3.05, 3.63) is 51.5 Å². The fourth-order valence-corrected chi connectivity index (χ4v) is 4.14. The molecule has 30 heavy (non-hydrogen) atoms. The number of hydrogen-bond donors (Lipinski definition) is 2. The molecule has 5 nitrogen and oxygen atoms in total. The van der Waals surface area contributed by atoms with E-state index in [1.807, 2.05) is 0 Å². The number of nitrogens with one attached hydrogen (secondary N) is 2. The van der Waals surface area contributed by atoms with E-state index in [9.17, 15) is 13.2 Å². The Morgan fingerprint density at radius 1 is 1.03 bits per heavy atom. The summed E-state index contributed by atoms with van der Waals surface area (Å²) in [5.41, 5.74) is 1.58. The highest BCUT2D eigenvalue weighted by Gasteiger charge is 2.33. The summed E-state index contributed by atoms with van der Waals surface area (Å²) >= 11 is 0.980. The number of halogens is 3. The molecule has 2 aromatic rings. The third kappa shape index (κ3) is 6.98.